The molecule has 0 aromatic heterocycles. The van der Waals surface area contributed by atoms with Crippen LogP contribution in [0.25, 0.3) is 0 Å². The molecule has 19 heavy (non-hydrogen) atoms. The molecule has 0 radical (unpaired) electrons. The molecule has 1 N–H and O–H groups in total. The fraction of sp³-hybridized carbons (Fsp3) is 0.500. The van der Waals surface area contributed by atoms with Crippen LogP contribution in [0.15, 0.2) is 18.2 Å². The Morgan fingerprint density at radius 3 is 2.89 bits per heavy atom. The van der Waals surface area contributed by atoms with Crippen LogP contribution in [0, 0.1) is 6.92 Å². The van der Waals surface area contributed by atoms with Crippen molar-refractivity contribution in [2.75, 3.05) is 20.2 Å². The number of carboxylic acids is 1. The molecule has 1 heterocycles. The molecule has 0 unspecified atom stereocenters. The first-order valence-electron chi connectivity index (χ1n) is 6.28. The predicted octanol–water partition coefficient (Wildman–Crippen LogP) is 2.11. The van der Waals surface area contributed by atoms with Gasteiger partial charge in [0, 0.05) is 12.6 Å². The summed E-state index contributed by atoms with van der Waals surface area (Å²) >= 11 is 0. The number of hydrogen-bond acceptors (Lipinski definition) is 3. The average molecular weight is 267 g/mol. The van der Waals surface area contributed by atoms with Gasteiger partial charge in [-0.3, -0.25) is 4.90 Å². The number of nitrogens with zero attached hydrogens (tertiary/aromatic N) is 1. The zero-order valence-corrected chi connectivity index (χ0v) is 11.1. The number of hydrogen-bond donors (Lipinski definition) is 1. The van der Waals surface area contributed by atoms with Crippen LogP contribution < -0.4 is 4.74 Å². The van der Waals surface area contributed by atoms with Gasteiger partial charge in [-0.05, 0) is 38.1 Å². The monoisotopic (exact) mass is 267 g/mol. The van der Waals surface area contributed by atoms with Crippen molar-refractivity contribution in [3.8, 4) is 5.75 Å². The Bertz CT molecular complexity index is 478. The molecule has 1 fully saturated rings. The number of carboxylic acid groups (broad SMARTS) is 1. The molecule has 0 bridgehead atoms. The van der Waals surface area contributed by atoms with E-state index in [-0.39, 0.29) is 11.6 Å². The minimum Gasteiger partial charge on any atom is -0.492 e. The molecule has 0 amide bonds. The van der Waals surface area contributed by atoms with Crippen molar-refractivity contribution in [2.24, 2.45) is 0 Å². The molecule has 2 atom stereocenters. The van der Waals surface area contributed by atoms with Gasteiger partial charge in [-0.1, -0.05) is 6.07 Å². The summed E-state index contributed by atoms with van der Waals surface area (Å²) in [5.41, 5.74) is 0.933. The Labute approximate surface area is 111 Å². The van der Waals surface area contributed by atoms with Crippen molar-refractivity contribution < 1.29 is 19.0 Å². The van der Waals surface area contributed by atoms with E-state index >= 15 is 0 Å². The van der Waals surface area contributed by atoms with Crippen molar-refractivity contribution in [3.63, 3.8) is 0 Å². The Balaban J connectivity index is 2.00. The largest absolute Gasteiger partial charge is 0.492 e. The number of ether oxygens (including phenoxy) is 1. The maximum atomic E-state index is 13.2. The van der Waals surface area contributed by atoms with E-state index in [2.05, 4.69) is 0 Å². The third-order valence-electron chi connectivity index (χ3n) is 3.52. The molecule has 1 aliphatic rings. The van der Waals surface area contributed by atoms with E-state index in [1.165, 1.54) is 6.07 Å². The second-order valence-corrected chi connectivity index (χ2v) is 5.02. The van der Waals surface area contributed by atoms with E-state index < -0.39 is 12.1 Å². The van der Waals surface area contributed by atoms with Crippen LogP contribution in [0.3, 0.4) is 0 Å². The summed E-state index contributed by atoms with van der Waals surface area (Å²) in [7, 11) is 1.87. The van der Waals surface area contributed by atoms with Crippen LogP contribution in [0.1, 0.15) is 22.3 Å². The van der Waals surface area contributed by atoms with Crippen LogP contribution in [0.2, 0.25) is 0 Å². The van der Waals surface area contributed by atoms with E-state index in [1.807, 2.05) is 11.9 Å². The standard InChI is InChI=1S/C14H18FNO3/c1-9-3-4-12(6-13(9)14(17)18)19-8-11-5-10(15)7-16(11)2/h3-4,6,10-11H,5,7-8H2,1-2H3,(H,17,18)/t10-,11+/m1/s1. The number of carbonyl (C=O) groups is 1. The highest BCUT2D eigenvalue weighted by atomic mass is 19.1. The molecular weight excluding hydrogens is 249 g/mol. The molecule has 104 valence electrons. The summed E-state index contributed by atoms with van der Waals surface area (Å²) in [5.74, 6) is -0.455. The van der Waals surface area contributed by atoms with Gasteiger partial charge in [0.1, 0.15) is 18.5 Å². The van der Waals surface area contributed by atoms with Gasteiger partial charge in [0.25, 0.3) is 0 Å². The van der Waals surface area contributed by atoms with Crippen molar-refractivity contribution in [1.82, 2.24) is 4.90 Å². The number of alkyl halides is 1. The molecule has 1 saturated heterocycles. The fourth-order valence-electron chi connectivity index (χ4n) is 2.32. The second-order valence-electron chi connectivity index (χ2n) is 5.02. The predicted molar refractivity (Wildman–Crippen MR) is 69.6 cm³/mol. The highest BCUT2D eigenvalue weighted by molar-refractivity contribution is 5.89. The van der Waals surface area contributed by atoms with Crippen LogP contribution in [0.4, 0.5) is 4.39 Å². The van der Waals surface area contributed by atoms with Gasteiger partial charge in [-0.15, -0.1) is 0 Å². The molecule has 0 spiro atoms. The topological polar surface area (TPSA) is 49.8 Å². The van der Waals surface area contributed by atoms with E-state index in [1.54, 1.807) is 19.1 Å². The van der Waals surface area contributed by atoms with Gasteiger partial charge in [-0.25, -0.2) is 9.18 Å². The summed E-state index contributed by atoms with van der Waals surface area (Å²) in [5, 5.41) is 9.03. The van der Waals surface area contributed by atoms with E-state index in [9.17, 15) is 9.18 Å². The molecule has 1 aliphatic heterocycles. The van der Waals surface area contributed by atoms with E-state index in [0.717, 1.165) is 0 Å². The summed E-state index contributed by atoms with van der Waals surface area (Å²) in [6.45, 7) is 2.55. The lowest BCUT2D eigenvalue weighted by molar-refractivity contribution is 0.0695. The minimum absolute atomic E-state index is 0.0459. The lowest BCUT2D eigenvalue weighted by Crippen LogP contribution is -2.30. The number of aromatic carboxylic acids is 1. The molecule has 2 rings (SSSR count). The zero-order chi connectivity index (χ0) is 14.0. The SMILES string of the molecule is Cc1ccc(OC[C@@H]2C[C@@H](F)CN2C)cc1C(=O)O. The minimum atomic E-state index is -0.968. The van der Waals surface area contributed by atoms with Gasteiger partial charge < -0.3 is 9.84 Å². The highest BCUT2D eigenvalue weighted by Gasteiger charge is 2.29. The molecule has 4 nitrogen and oxygen atoms in total. The maximum absolute atomic E-state index is 13.2. The van der Waals surface area contributed by atoms with Crippen molar-refractivity contribution in [1.29, 1.82) is 0 Å². The van der Waals surface area contributed by atoms with Crippen molar-refractivity contribution >= 4 is 5.97 Å². The van der Waals surface area contributed by atoms with Gasteiger partial charge in [-0.2, -0.15) is 0 Å². The number of rotatable bonds is 4. The smallest absolute Gasteiger partial charge is 0.336 e. The summed E-state index contributed by atoms with van der Waals surface area (Å²) < 4.78 is 18.8. The first kappa shape index (κ1) is 13.8. The van der Waals surface area contributed by atoms with E-state index in [0.29, 0.717) is 30.9 Å². The quantitative estimate of drug-likeness (QED) is 0.907. The number of halogens is 1. The number of aryl methyl sites for hydroxylation is 1. The lowest BCUT2D eigenvalue weighted by atomic mass is 10.1. The molecule has 1 aromatic carbocycles. The molecular formula is C14H18FNO3. The third kappa shape index (κ3) is 3.23. The van der Waals surface area contributed by atoms with Gasteiger partial charge >= 0.3 is 5.97 Å². The van der Waals surface area contributed by atoms with Crippen molar-refractivity contribution in [3.05, 3.63) is 29.3 Å². The van der Waals surface area contributed by atoms with E-state index in [4.69, 9.17) is 9.84 Å². The normalized spacial score (nSPS) is 23.5. The molecule has 0 aliphatic carbocycles. The summed E-state index contributed by atoms with van der Waals surface area (Å²) in [4.78, 5) is 12.9. The zero-order valence-electron chi connectivity index (χ0n) is 11.1. The van der Waals surface area contributed by atoms with Gasteiger partial charge in [0.15, 0.2) is 0 Å². The Morgan fingerprint density at radius 2 is 2.32 bits per heavy atom. The van der Waals surface area contributed by atoms with Gasteiger partial charge in [0.05, 0.1) is 5.56 Å². The molecule has 0 saturated carbocycles. The Hall–Kier alpha value is -1.62. The third-order valence-corrected chi connectivity index (χ3v) is 3.52. The number of likely N-dealkylation sites (tertiary alicyclic amines) is 1. The Kier molecular flexibility index (Phi) is 4.04. The first-order valence-corrected chi connectivity index (χ1v) is 6.28. The lowest BCUT2D eigenvalue weighted by Gasteiger charge is -2.19. The number of benzene rings is 1. The van der Waals surface area contributed by atoms with Crippen molar-refractivity contribution in [2.45, 2.75) is 25.6 Å². The molecule has 1 aromatic rings. The van der Waals surface area contributed by atoms with Gasteiger partial charge in [0.2, 0.25) is 0 Å². The molecule has 5 heteroatoms. The summed E-state index contributed by atoms with van der Waals surface area (Å²) in [6.07, 6.45) is -0.333. The van der Waals surface area contributed by atoms with Crippen LogP contribution in [-0.4, -0.2) is 48.4 Å². The summed E-state index contributed by atoms with van der Waals surface area (Å²) in [6, 6.07) is 5.02. The highest BCUT2D eigenvalue weighted by Crippen LogP contribution is 2.21. The van der Waals surface area contributed by atoms with Crippen LogP contribution in [0.5, 0.6) is 5.75 Å². The number of likely N-dealkylation sites (N-methyl/N-ethyl adjacent to an activating group) is 1. The maximum Gasteiger partial charge on any atom is 0.336 e. The second kappa shape index (κ2) is 5.57. The van der Waals surface area contributed by atoms with Crippen LogP contribution in [-0.2, 0) is 0 Å². The average Bonchev–Trinajstić information content (AvgIpc) is 2.66. The Morgan fingerprint density at radius 1 is 1.58 bits per heavy atom. The van der Waals surface area contributed by atoms with Crippen LogP contribution >= 0.6 is 0 Å². The fourth-order valence-corrected chi connectivity index (χ4v) is 2.32. The first-order chi connectivity index (χ1) is 8.97.